The molecule has 0 spiro atoms. The van der Waals surface area contributed by atoms with E-state index in [1.54, 1.807) is 4.52 Å². The zero-order valence-corrected chi connectivity index (χ0v) is 14.0. The Labute approximate surface area is 142 Å². The van der Waals surface area contributed by atoms with Crippen LogP contribution in [0.2, 0.25) is 0 Å². The molecule has 0 aliphatic heterocycles. The molecule has 1 aromatic carbocycles. The normalized spacial score (nSPS) is 10.9. The zero-order chi connectivity index (χ0) is 16.8. The summed E-state index contributed by atoms with van der Waals surface area (Å²) < 4.78 is 7.13. The Bertz CT molecular complexity index is 802. The molecule has 0 aliphatic carbocycles. The molecule has 9 heteroatoms. The van der Waals surface area contributed by atoms with Crippen molar-refractivity contribution in [3.05, 3.63) is 41.2 Å². The Hall–Kier alpha value is -2.52. The maximum absolute atomic E-state index is 11.7. The number of benzene rings is 1. The maximum Gasteiger partial charge on any atom is 0.243 e. The molecule has 0 bridgehead atoms. The van der Waals surface area contributed by atoms with E-state index in [0.29, 0.717) is 19.4 Å². The number of aromatic nitrogens is 4. The van der Waals surface area contributed by atoms with Crippen molar-refractivity contribution in [1.82, 2.24) is 25.3 Å². The van der Waals surface area contributed by atoms with Crippen molar-refractivity contribution in [2.24, 2.45) is 0 Å². The molecule has 0 unspecified atom stereocenters. The lowest BCUT2D eigenvalue weighted by Crippen LogP contribution is -2.26. The quantitative estimate of drug-likeness (QED) is 0.491. The SMILES string of the molecule is Cc1nnc2sc(CCC(=O)NOCCOc3ccccc3)nn12. The van der Waals surface area contributed by atoms with E-state index in [-0.39, 0.29) is 12.5 Å². The number of nitrogens with one attached hydrogen (secondary N) is 1. The Kier molecular flexibility index (Phi) is 5.34. The highest BCUT2D eigenvalue weighted by molar-refractivity contribution is 7.16. The smallest absolute Gasteiger partial charge is 0.243 e. The molecular weight excluding hydrogens is 330 g/mol. The lowest BCUT2D eigenvalue weighted by atomic mass is 10.3. The van der Waals surface area contributed by atoms with Crippen LogP contribution < -0.4 is 10.2 Å². The number of rotatable bonds is 8. The average molecular weight is 347 g/mol. The molecule has 8 nitrogen and oxygen atoms in total. The molecular formula is C15H17N5O3S. The van der Waals surface area contributed by atoms with Crippen LogP contribution in [-0.4, -0.2) is 38.9 Å². The van der Waals surface area contributed by atoms with Crippen LogP contribution in [0.1, 0.15) is 17.3 Å². The van der Waals surface area contributed by atoms with E-state index in [9.17, 15) is 4.79 Å². The number of hydroxylamine groups is 1. The van der Waals surface area contributed by atoms with Gasteiger partial charge in [0.15, 0.2) is 5.82 Å². The van der Waals surface area contributed by atoms with Gasteiger partial charge in [-0.15, -0.1) is 10.2 Å². The first-order chi connectivity index (χ1) is 11.7. The molecule has 24 heavy (non-hydrogen) atoms. The van der Waals surface area contributed by atoms with Crippen molar-refractivity contribution in [1.29, 1.82) is 0 Å². The van der Waals surface area contributed by atoms with E-state index in [2.05, 4.69) is 20.8 Å². The predicted molar refractivity (Wildman–Crippen MR) is 87.7 cm³/mol. The second-order valence-electron chi connectivity index (χ2n) is 4.97. The van der Waals surface area contributed by atoms with Gasteiger partial charge in [-0.2, -0.15) is 9.61 Å². The van der Waals surface area contributed by atoms with Gasteiger partial charge in [-0.25, -0.2) is 5.48 Å². The van der Waals surface area contributed by atoms with E-state index in [4.69, 9.17) is 9.57 Å². The van der Waals surface area contributed by atoms with Gasteiger partial charge in [-0.1, -0.05) is 29.5 Å². The van der Waals surface area contributed by atoms with Gasteiger partial charge in [-0.05, 0) is 19.1 Å². The first-order valence-corrected chi connectivity index (χ1v) is 8.30. The molecule has 0 saturated heterocycles. The zero-order valence-electron chi connectivity index (χ0n) is 13.1. The number of hydrogen-bond acceptors (Lipinski definition) is 7. The van der Waals surface area contributed by atoms with Crippen LogP contribution in [0.5, 0.6) is 5.75 Å². The van der Waals surface area contributed by atoms with Crippen molar-refractivity contribution in [3.63, 3.8) is 0 Å². The summed E-state index contributed by atoms with van der Waals surface area (Å²) in [7, 11) is 0. The Morgan fingerprint density at radius 1 is 1.25 bits per heavy atom. The highest BCUT2D eigenvalue weighted by atomic mass is 32.1. The minimum Gasteiger partial charge on any atom is -0.491 e. The van der Waals surface area contributed by atoms with E-state index >= 15 is 0 Å². The van der Waals surface area contributed by atoms with Gasteiger partial charge in [0, 0.05) is 12.8 Å². The van der Waals surface area contributed by atoms with Crippen LogP contribution in [-0.2, 0) is 16.1 Å². The van der Waals surface area contributed by atoms with Gasteiger partial charge in [-0.3, -0.25) is 9.63 Å². The van der Waals surface area contributed by atoms with Gasteiger partial charge in [0.25, 0.3) is 0 Å². The second kappa shape index (κ2) is 7.84. The molecule has 3 rings (SSSR count). The van der Waals surface area contributed by atoms with Crippen molar-refractivity contribution < 1.29 is 14.4 Å². The Morgan fingerprint density at radius 3 is 2.88 bits per heavy atom. The van der Waals surface area contributed by atoms with Crippen LogP contribution >= 0.6 is 11.3 Å². The lowest BCUT2D eigenvalue weighted by Gasteiger charge is -2.07. The summed E-state index contributed by atoms with van der Waals surface area (Å²) in [5, 5.41) is 13.1. The van der Waals surface area contributed by atoms with Gasteiger partial charge < -0.3 is 4.74 Å². The second-order valence-corrected chi connectivity index (χ2v) is 6.01. The largest absolute Gasteiger partial charge is 0.491 e. The fourth-order valence-corrected chi connectivity index (χ4v) is 2.85. The number of amides is 1. The number of fused-ring (bicyclic) bond motifs is 1. The van der Waals surface area contributed by atoms with Gasteiger partial charge in [0.2, 0.25) is 10.9 Å². The first kappa shape index (κ1) is 16.3. The third-order valence-corrected chi connectivity index (χ3v) is 4.10. The number of aryl methyl sites for hydroxylation is 2. The summed E-state index contributed by atoms with van der Waals surface area (Å²) in [5.41, 5.74) is 2.40. The molecule has 1 amide bonds. The Morgan fingerprint density at radius 2 is 2.08 bits per heavy atom. The third-order valence-electron chi connectivity index (χ3n) is 3.14. The van der Waals surface area contributed by atoms with E-state index in [0.717, 1.165) is 21.5 Å². The standard InChI is InChI=1S/C15H17N5O3S/c1-11-16-17-15-20(11)18-14(24-15)8-7-13(21)19-23-10-9-22-12-5-3-2-4-6-12/h2-6H,7-10H2,1H3,(H,19,21). The highest BCUT2D eigenvalue weighted by Crippen LogP contribution is 2.14. The fourth-order valence-electron chi connectivity index (χ4n) is 1.98. The number of para-hydroxylation sites is 1. The van der Waals surface area contributed by atoms with Crippen LogP contribution in [0.15, 0.2) is 30.3 Å². The Balaban J connectivity index is 1.32. The topological polar surface area (TPSA) is 90.6 Å². The first-order valence-electron chi connectivity index (χ1n) is 7.48. The predicted octanol–water partition coefficient (Wildman–Crippen LogP) is 1.55. The molecule has 126 valence electrons. The maximum atomic E-state index is 11.7. The molecule has 2 aromatic heterocycles. The summed E-state index contributed by atoms with van der Waals surface area (Å²) in [5.74, 6) is 1.31. The van der Waals surface area contributed by atoms with Crippen molar-refractivity contribution >= 4 is 22.2 Å². The van der Waals surface area contributed by atoms with Gasteiger partial charge in [0.05, 0.1) is 0 Å². The monoisotopic (exact) mass is 347 g/mol. The molecule has 0 atom stereocenters. The molecule has 0 fully saturated rings. The summed E-state index contributed by atoms with van der Waals surface area (Å²) in [6, 6.07) is 9.43. The number of carbonyl (C=O) groups is 1. The molecule has 3 aromatic rings. The molecule has 0 aliphatic rings. The minimum atomic E-state index is -0.197. The van der Waals surface area contributed by atoms with Gasteiger partial charge in [0.1, 0.15) is 24.0 Å². The summed E-state index contributed by atoms with van der Waals surface area (Å²) in [6.45, 7) is 2.47. The number of hydrogen-bond donors (Lipinski definition) is 1. The minimum absolute atomic E-state index is 0.197. The number of ether oxygens (including phenoxy) is 1. The fraction of sp³-hybridized carbons (Fsp3) is 0.333. The van der Waals surface area contributed by atoms with Crippen molar-refractivity contribution in [2.45, 2.75) is 19.8 Å². The van der Waals surface area contributed by atoms with Crippen LogP contribution in [0.25, 0.3) is 4.96 Å². The number of nitrogens with zero attached hydrogens (tertiary/aromatic N) is 4. The van der Waals surface area contributed by atoms with Gasteiger partial charge >= 0.3 is 0 Å². The summed E-state index contributed by atoms with van der Waals surface area (Å²) >= 11 is 1.43. The average Bonchev–Trinajstić information content (AvgIpc) is 3.15. The molecule has 1 N–H and O–H groups in total. The van der Waals surface area contributed by atoms with E-state index < -0.39 is 0 Å². The molecule has 2 heterocycles. The van der Waals surface area contributed by atoms with E-state index in [1.807, 2.05) is 37.3 Å². The lowest BCUT2D eigenvalue weighted by molar-refractivity contribution is -0.134. The van der Waals surface area contributed by atoms with Crippen molar-refractivity contribution in [2.75, 3.05) is 13.2 Å². The van der Waals surface area contributed by atoms with Crippen LogP contribution in [0, 0.1) is 6.92 Å². The third kappa shape index (κ3) is 4.27. The van der Waals surface area contributed by atoms with E-state index in [1.165, 1.54) is 11.3 Å². The number of carbonyl (C=O) groups excluding carboxylic acids is 1. The van der Waals surface area contributed by atoms with Crippen LogP contribution in [0.4, 0.5) is 0 Å². The van der Waals surface area contributed by atoms with Crippen molar-refractivity contribution in [3.8, 4) is 5.75 Å². The summed E-state index contributed by atoms with van der Waals surface area (Å²) in [6.07, 6.45) is 0.825. The summed E-state index contributed by atoms with van der Waals surface area (Å²) in [4.78, 5) is 17.6. The van der Waals surface area contributed by atoms with Crippen LogP contribution in [0.3, 0.4) is 0 Å². The molecule has 0 saturated carbocycles. The highest BCUT2D eigenvalue weighted by Gasteiger charge is 2.10. The molecule has 0 radical (unpaired) electrons.